The molecule has 36 heavy (non-hydrogen) atoms. The summed E-state index contributed by atoms with van der Waals surface area (Å²) >= 11 is 0. The molecule has 4 aromatic rings. The molecule has 1 heterocycles. The molecule has 0 saturated heterocycles. The Hall–Kier alpha value is -3.19. The van der Waals surface area contributed by atoms with E-state index in [-0.39, 0.29) is 0 Å². The molecular formula is C35H38N+. The number of pyridine rings is 1. The summed E-state index contributed by atoms with van der Waals surface area (Å²) in [4.78, 5) is 0. The second-order valence-electron chi connectivity index (χ2n) is 10.6. The van der Waals surface area contributed by atoms with Crippen molar-refractivity contribution in [3.8, 4) is 33.6 Å². The number of rotatable bonds is 8. The Morgan fingerprint density at radius 3 is 1.69 bits per heavy atom. The van der Waals surface area contributed by atoms with Crippen molar-refractivity contribution >= 4 is 0 Å². The lowest BCUT2D eigenvalue weighted by Crippen LogP contribution is -2.43. The molecule has 0 N–H and O–H groups in total. The van der Waals surface area contributed by atoms with Gasteiger partial charge < -0.3 is 0 Å². The number of unbranched alkanes of at least 4 members (excludes halogenated alkanes) is 5. The summed E-state index contributed by atoms with van der Waals surface area (Å²) in [5.41, 5.74) is 14.9. The van der Waals surface area contributed by atoms with Gasteiger partial charge in [0.1, 0.15) is 6.54 Å². The van der Waals surface area contributed by atoms with Crippen molar-refractivity contribution in [2.24, 2.45) is 0 Å². The Morgan fingerprint density at radius 1 is 0.556 bits per heavy atom. The van der Waals surface area contributed by atoms with Crippen LogP contribution in [0.3, 0.4) is 0 Å². The van der Waals surface area contributed by atoms with Gasteiger partial charge in [0.05, 0.1) is 0 Å². The van der Waals surface area contributed by atoms with Crippen molar-refractivity contribution in [3.63, 3.8) is 0 Å². The van der Waals surface area contributed by atoms with E-state index in [4.69, 9.17) is 0 Å². The predicted octanol–water partition coefficient (Wildman–Crippen LogP) is 8.53. The molecule has 0 atom stereocenters. The summed E-state index contributed by atoms with van der Waals surface area (Å²) in [7, 11) is 0. The van der Waals surface area contributed by atoms with Crippen LogP contribution in [0, 0.1) is 0 Å². The first-order valence-corrected chi connectivity index (χ1v) is 14.2. The van der Waals surface area contributed by atoms with Crippen molar-refractivity contribution in [3.05, 3.63) is 101 Å². The second-order valence-corrected chi connectivity index (χ2v) is 10.6. The number of fused-ring (bicyclic) bond motifs is 6. The molecule has 0 aliphatic heterocycles. The van der Waals surface area contributed by atoms with Gasteiger partial charge in [-0.2, -0.15) is 4.57 Å². The number of aryl methyl sites for hydroxylation is 2. The quantitative estimate of drug-likeness (QED) is 0.179. The summed E-state index contributed by atoms with van der Waals surface area (Å²) in [6.07, 6.45) is 12.5. The monoisotopic (exact) mass is 472 g/mol. The molecular weight excluding hydrogens is 434 g/mol. The zero-order valence-corrected chi connectivity index (χ0v) is 21.7. The van der Waals surface area contributed by atoms with Gasteiger partial charge in [0.15, 0.2) is 0 Å². The Balaban J connectivity index is 1.59. The molecule has 0 radical (unpaired) electrons. The van der Waals surface area contributed by atoms with Crippen LogP contribution in [0.2, 0.25) is 0 Å². The highest BCUT2D eigenvalue weighted by Crippen LogP contribution is 2.44. The third kappa shape index (κ3) is 4.19. The molecule has 182 valence electrons. The van der Waals surface area contributed by atoms with Gasteiger partial charge in [-0.05, 0) is 60.9 Å². The van der Waals surface area contributed by atoms with Crippen LogP contribution in [0.4, 0.5) is 0 Å². The number of hydrogen-bond acceptors (Lipinski definition) is 0. The van der Waals surface area contributed by atoms with Crippen molar-refractivity contribution in [2.75, 3.05) is 0 Å². The zero-order valence-electron chi connectivity index (χ0n) is 21.7. The van der Waals surface area contributed by atoms with Crippen LogP contribution in [0.5, 0.6) is 0 Å². The lowest BCUT2D eigenvalue weighted by Gasteiger charge is -2.28. The van der Waals surface area contributed by atoms with E-state index < -0.39 is 0 Å². The second kappa shape index (κ2) is 10.4. The van der Waals surface area contributed by atoms with Gasteiger partial charge >= 0.3 is 0 Å². The third-order valence-electron chi connectivity index (χ3n) is 8.35. The van der Waals surface area contributed by atoms with Gasteiger partial charge in [0.25, 0.3) is 0 Å². The van der Waals surface area contributed by atoms with Crippen LogP contribution >= 0.6 is 0 Å². The van der Waals surface area contributed by atoms with Crippen LogP contribution in [-0.4, -0.2) is 0 Å². The first-order valence-electron chi connectivity index (χ1n) is 14.2. The molecule has 1 nitrogen and oxygen atoms in total. The van der Waals surface area contributed by atoms with E-state index in [1.165, 1.54) is 83.3 Å². The molecule has 0 spiro atoms. The van der Waals surface area contributed by atoms with Gasteiger partial charge in [-0.15, -0.1) is 0 Å². The molecule has 2 aliphatic rings. The first kappa shape index (κ1) is 23.2. The number of benzene rings is 3. The van der Waals surface area contributed by atoms with E-state index in [2.05, 4.69) is 90.4 Å². The molecule has 1 heteroatoms. The maximum Gasteiger partial charge on any atom is 0.217 e. The molecule has 6 rings (SSSR count). The smallest absolute Gasteiger partial charge is 0.191 e. The van der Waals surface area contributed by atoms with Crippen LogP contribution in [0.1, 0.15) is 67.7 Å². The number of hydrogen-bond donors (Lipinski definition) is 0. The Labute approximate surface area is 216 Å². The highest BCUT2D eigenvalue weighted by atomic mass is 15.0. The molecule has 0 amide bonds. The lowest BCUT2D eigenvalue weighted by atomic mass is 9.77. The number of aromatic nitrogens is 1. The highest BCUT2D eigenvalue weighted by Gasteiger charge is 2.37. The zero-order chi connectivity index (χ0) is 24.3. The van der Waals surface area contributed by atoms with E-state index in [1.807, 2.05) is 0 Å². The Morgan fingerprint density at radius 2 is 1.08 bits per heavy atom. The maximum absolute atomic E-state index is 2.76. The molecule has 2 aliphatic carbocycles. The fraction of sp³-hybridized carbons (Fsp3) is 0.343. The normalized spacial score (nSPS) is 13.5. The summed E-state index contributed by atoms with van der Waals surface area (Å²) < 4.78 is 2.76. The molecule has 0 bridgehead atoms. The van der Waals surface area contributed by atoms with E-state index in [1.54, 1.807) is 11.1 Å². The topological polar surface area (TPSA) is 3.88 Å². The minimum Gasteiger partial charge on any atom is -0.191 e. The SMILES string of the molecule is CCCCCCCC[n+]1c2c(c(-c3ccccc3)c3c1-c1ccccc1CC3)CCc1ccccc1-2. The predicted molar refractivity (Wildman–Crippen MR) is 151 cm³/mol. The first-order chi connectivity index (χ1) is 17.9. The van der Waals surface area contributed by atoms with Crippen LogP contribution < -0.4 is 4.57 Å². The molecule has 0 unspecified atom stereocenters. The number of nitrogens with zero attached hydrogens (tertiary/aromatic N) is 1. The summed E-state index contributed by atoms with van der Waals surface area (Å²) in [5, 5.41) is 0. The van der Waals surface area contributed by atoms with Crippen molar-refractivity contribution < 1.29 is 4.57 Å². The van der Waals surface area contributed by atoms with E-state index in [0.717, 1.165) is 32.2 Å². The maximum atomic E-state index is 2.76. The molecule has 0 fully saturated rings. The third-order valence-corrected chi connectivity index (χ3v) is 8.35. The Kier molecular flexibility index (Phi) is 6.73. The molecule has 3 aromatic carbocycles. The summed E-state index contributed by atoms with van der Waals surface area (Å²) in [6.45, 7) is 3.41. The molecule has 1 aromatic heterocycles. The highest BCUT2D eigenvalue weighted by molar-refractivity contribution is 5.85. The minimum atomic E-state index is 1.11. The molecule has 0 saturated carbocycles. The average Bonchev–Trinajstić information content (AvgIpc) is 2.94. The van der Waals surface area contributed by atoms with E-state index in [0.29, 0.717) is 0 Å². The van der Waals surface area contributed by atoms with Crippen molar-refractivity contribution in [2.45, 2.75) is 77.7 Å². The minimum absolute atomic E-state index is 1.11. The van der Waals surface area contributed by atoms with Crippen LogP contribution in [-0.2, 0) is 32.2 Å². The van der Waals surface area contributed by atoms with Gasteiger partial charge in [0, 0.05) is 34.2 Å². The summed E-state index contributed by atoms with van der Waals surface area (Å²) in [5.74, 6) is 0. The van der Waals surface area contributed by atoms with Crippen molar-refractivity contribution in [1.82, 2.24) is 0 Å². The van der Waals surface area contributed by atoms with Gasteiger partial charge in [-0.1, -0.05) is 99.3 Å². The van der Waals surface area contributed by atoms with Gasteiger partial charge in [-0.3, -0.25) is 0 Å². The fourth-order valence-electron chi connectivity index (χ4n) is 6.64. The van der Waals surface area contributed by atoms with Crippen molar-refractivity contribution in [1.29, 1.82) is 0 Å². The Bertz CT molecular complexity index is 1290. The van der Waals surface area contributed by atoms with E-state index in [9.17, 15) is 0 Å². The van der Waals surface area contributed by atoms with Gasteiger partial charge in [-0.25, -0.2) is 0 Å². The average molecular weight is 473 g/mol. The van der Waals surface area contributed by atoms with Crippen LogP contribution in [0.15, 0.2) is 78.9 Å². The summed E-state index contributed by atoms with van der Waals surface area (Å²) in [6, 6.07) is 29.6. The van der Waals surface area contributed by atoms with Gasteiger partial charge in [0.2, 0.25) is 11.4 Å². The van der Waals surface area contributed by atoms with Crippen LogP contribution in [0.25, 0.3) is 33.6 Å². The largest absolute Gasteiger partial charge is 0.217 e. The van der Waals surface area contributed by atoms with E-state index >= 15 is 0 Å². The lowest BCUT2D eigenvalue weighted by molar-refractivity contribution is -0.676. The fourth-order valence-corrected chi connectivity index (χ4v) is 6.64. The standard InChI is InChI=1S/C35H38N/c1-2-3-4-5-6-14-25-36-34-29-19-12-10-15-26(29)21-23-31(34)33(28-17-8-7-9-18-28)32-24-22-27-16-11-13-20-30(27)35(32)36/h7-13,15-20H,2-6,14,21-25H2,1H3/q+1.